The highest BCUT2D eigenvalue weighted by molar-refractivity contribution is 7.89. The quantitative estimate of drug-likeness (QED) is 0.661. The van der Waals surface area contributed by atoms with Crippen LogP contribution in [-0.2, 0) is 26.7 Å². The molecule has 35 heavy (non-hydrogen) atoms. The number of aromatic hydroxyl groups is 1. The summed E-state index contributed by atoms with van der Waals surface area (Å²) in [4.78, 5) is 16.1. The number of aryl methyl sites for hydroxylation is 1. The van der Waals surface area contributed by atoms with E-state index in [-0.39, 0.29) is 39.6 Å². The van der Waals surface area contributed by atoms with Gasteiger partial charge in [0.15, 0.2) is 0 Å². The lowest BCUT2D eigenvalue weighted by molar-refractivity contribution is -0.148. The zero-order chi connectivity index (χ0) is 25.2. The fourth-order valence-electron chi connectivity index (χ4n) is 6.81. The maximum absolute atomic E-state index is 13.8. The number of hydrogen-bond acceptors (Lipinski definition) is 4. The number of rotatable bonds is 4. The zero-order valence-corrected chi connectivity index (χ0v) is 21.9. The molecule has 2 N–H and O–H groups in total. The van der Waals surface area contributed by atoms with Gasteiger partial charge in [0.1, 0.15) is 5.75 Å². The highest BCUT2D eigenvalue weighted by Gasteiger charge is 2.57. The largest absolute Gasteiger partial charge is 0.508 e. The number of phenolic OH excluding ortho intramolecular Hbond substituents is 1. The van der Waals surface area contributed by atoms with E-state index in [0.29, 0.717) is 38.0 Å². The van der Waals surface area contributed by atoms with Gasteiger partial charge in [-0.3, -0.25) is 4.79 Å². The Morgan fingerprint density at radius 3 is 2.60 bits per heavy atom. The second kappa shape index (κ2) is 8.34. The van der Waals surface area contributed by atoms with Crippen LogP contribution in [0, 0.1) is 18.3 Å². The fraction of sp³-hybridized carbons (Fsp3) is 0.536. The van der Waals surface area contributed by atoms with Gasteiger partial charge in [-0.25, -0.2) is 13.1 Å². The number of nitrogens with zero attached hydrogens (tertiary/aromatic N) is 1. The number of carbonyl (C=O) groups excluding carboxylic acids is 1. The molecule has 0 spiro atoms. The molecule has 0 aromatic heterocycles. The van der Waals surface area contributed by atoms with Crippen LogP contribution in [-0.4, -0.2) is 43.0 Å². The van der Waals surface area contributed by atoms with Crippen LogP contribution in [0.1, 0.15) is 63.1 Å². The zero-order valence-electron chi connectivity index (χ0n) is 21.0. The lowest BCUT2D eigenvalue weighted by atomic mass is 9.51. The number of sulfonamides is 1. The number of carbonyl (C=O) groups is 1. The van der Waals surface area contributed by atoms with Gasteiger partial charge in [0.2, 0.25) is 15.9 Å². The minimum Gasteiger partial charge on any atom is -0.508 e. The number of piperidine rings is 1. The topological polar surface area (TPSA) is 86.7 Å². The summed E-state index contributed by atoms with van der Waals surface area (Å²) >= 11 is 0. The van der Waals surface area contributed by atoms with Gasteiger partial charge >= 0.3 is 0 Å². The van der Waals surface area contributed by atoms with Crippen molar-refractivity contribution in [3.8, 4) is 5.75 Å². The van der Waals surface area contributed by atoms with Crippen LogP contribution in [0.2, 0.25) is 0 Å². The van der Waals surface area contributed by atoms with Gasteiger partial charge in [0, 0.05) is 30.0 Å². The number of fused-ring (bicyclic) bond motifs is 4. The monoisotopic (exact) mass is 496 g/mol. The molecule has 1 heterocycles. The summed E-state index contributed by atoms with van der Waals surface area (Å²) in [5.41, 5.74) is 2.80. The molecule has 2 bridgehead atoms. The van der Waals surface area contributed by atoms with E-state index in [2.05, 4.69) is 31.6 Å². The molecule has 1 amide bonds. The molecule has 2 fully saturated rings. The van der Waals surface area contributed by atoms with Crippen LogP contribution in [0.15, 0.2) is 47.4 Å². The third kappa shape index (κ3) is 3.87. The number of phenols is 1. The Bertz CT molecular complexity index is 1270. The molecule has 1 saturated carbocycles. The Labute approximate surface area is 208 Å². The van der Waals surface area contributed by atoms with Crippen LogP contribution >= 0.6 is 0 Å². The number of nitrogens with one attached hydrogen (secondary N) is 1. The maximum atomic E-state index is 13.8. The lowest BCUT2D eigenvalue weighted by Crippen LogP contribution is -2.65. The van der Waals surface area contributed by atoms with Crippen LogP contribution in [0.3, 0.4) is 0 Å². The van der Waals surface area contributed by atoms with Crippen molar-refractivity contribution in [1.29, 1.82) is 0 Å². The average Bonchev–Trinajstić information content (AvgIpc) is 3.24. The van der Waals surface area contributed by atoms with E-state index in [1.807, 2.05) is 24.0 Å². The Balaban J connectivity index is 1.33. The predicted molar refractivity (Wildman–Crippen MR) is 136 cm³/mol. The van der Waals surface area contributed by atoms with Crippen molar-refractivity contribution < 1.29 is 18.3 Å². The van der Waals surface area contributed by atoms with Crippen molar-refractivity contribution in [1.82, 2.24) is 9.62 Å². The molecule has 1 aliphatic heterocycles. The molecular formula is C28H36N2O4S. The highest BCUT2D eigenvalue weighted by atomic mass is 32.2. The summed E-state index contributed by atoms with van der Waals surface area (Å²) in [6, 6.07) is 12.4. The van der Waals surface area contributed by atoms with E-state index < -0.39 is 10.0 Å². The standard InChI is InChI=1S/C28H36N2O4S/c1-18-7-5-8-21(15-18)35(33,34)29-20-12-11-19(16-20)26(32)30-14-13-28(4)23-9-6-10-24(31)22(23)17-25(30)27(28,2)3/h5-10,15,19-20,25,29,31H,11-14,16-17H2,1-4H3/t19-,20?,25-,28+/m1/s1. The Kier molecular flexibility index (Phi) is 5.80. The molecule has 1 saturated heterocycles. The first-order valence-electron chi connectivity index (χ1n) is 12.6. The fourth-order valence-corrected chi connectivity index (χ4v) is 8.19. The van der Waals surface area contributed by atoms with Crippen molar-refractivity contribution in [3.63, 3.8) is 0 Å². The van der Waals surface area contributed by atoms with Gasteiger partial charge in [-0.15, -0.1) is 0 Å². The number of likely N-dealkylation sites (tertiary alicyclic amines) is 1. The first-order valence-corrected chi connectivity index (χ1v) is 14.1. The Morgan fingerprint density at radius 1 is 1.11 bits per heavy atom. The molecule has 1 unspecified atom stereocenters. The van der Waals surface area contributed by atoms with E-state index in [1.54, 1.807) is 24.3 Å². The normalized spacial score (nSPS) is 29.6. The maximum Gasteiger partial charge on any atom is 0.240 e. The molecule has 7 heteroatoms. The molecule has 5 rings (SSSR count). The Hall–Kier alpha value is -2.38. The lowest BCUT2D eigenvalue weighted by Gasteiger charge is -2.61. The second-order valence-electron chi connectivity index (χ2n) is 11.5. The third-order valence-corrected chi connectivity index (χ3v) is 10.8. The summed E-state index contributed by atoms with van der Waals surface area (Å²) < 4.78 is 28.6. The molecule has 2 aromatic rings. The Morgan fingerprint density at radius 2 is 1.86 bits per heavy atom. The van der Waals surface area contributed by atoms with Crippen molar-refractivity contribution in [2.75, 3.05) is 6.54 Å². The van der Waals surface area contributed by atoms with Gasteiger partial charge in [-0.2, -0.15) is 0 Å². The van der Waals surface area contributed by atoms with Crippen LogP contribution in [0.4, 0.5) is 0 Å². The molecule has 188 valence electrons. The molecule has 6 nitrogen and oxygen atoms in total. The van der Waals surface area contributed by atoms with Gasteiger partial charge in [-0.05, 0) is 79.3 Å². The molecule has 0 radical (unpaired) electrons. The summed E-state index contributed by atoms with van der Waals surface area (Å²) in [6.07, 6.45) is 3.35. The summed E-state index contributed by atoms with van der Waals surface area (Å²) in [5, 5.41) is 10.6. The SMILES string of the molecule is Cc1cccc(S(=O)(=O)NC2CC[C@@H](C(=O)N3CC[C@@]4(C)c5cccc(O)c5C[C@@H]3C4(C)C)C2)c1. The van der Waals surface area contributed by atoms with E-state index in [9.17, 15) is 18.3 Å². The van der Waals surface area contributed by atoms with E-state index in [1.165, 1.54) is 5.56 Å². The predicted octanol–water partition coefficient (Wildman–Crippen LogP) is 4.29. The number of benzene rings is 2. The van der Waals surface area contributed by atoms with Crippen LogP contribution in [0.5, 0.6) is 5.75 Å². The minimum absolute atomic E-state index is 0.00224. The number of amides is 1. The molecule has 2 aromatic carbocycles. The van der Waals surface area contributed by atoms with Gasteiger partial charge < -0.3 is 10.0 Å². The molecule has 3 aliphatic rings. The summed E-state index contributed by atoms with van der Waals surface area (Å²) in [7, 11) is -3.62. The van der Waals surface area contributed by atoms with Crippen LogP contribution < -0.4 is 4.72 Å². The third-order valence-electron chi connectivity index (χ3n) is 9.31. The van der Waals surface area contributed by atoms with Crippen molar-refractivity contribution in [2.45, 2.75) is 82.2 Å². The van der Waals surface area contributed by atoms with Crippen molar-refractivity contribution in [3.05, 3.63) is 59.2 Å². The van der Waals surface area contributed by atoms with E-state index in [0.717, 1.165) is 17.5 Å². The van der Waals surface area contributed by atoms with Gasteiger partial charge in [0.05, 0.1) is 4.90 Å². The highest BCUT2D eigenvalue weighted by Crippen LogP contribution is 2.57. The van der Waals surface area contributed by atoms with Crippen molar-refractivity contribution >= 4 is 15.9 Å². The molecule has 2 aliphatic carbocycles. The van der Waals surface area contributed by atoms with E-state index in [4.69, 9.17) is 0 Å². The van der Waals surface area contributed by atoms with Gasteiger partial charge in [0.25, 0.3) is 0 Å². The molecular weight excluding hydrogens is 460 g/mol. The summed E-state index contributed by atoms with van der Waals surface area (Å²) in [5.74, 6) is 0.252. The van der Waals surface area contributed by atoms with Crippen molar-refractivity contribution in [2.24, 2.45) is 11.3 Å². The molecule has 4 atom stereocenters. The first-order chi connectivity index (χ1) is 16.4. The smallest absolute Gasteiger partial charge is 0.240 e. The second-order valence-corrected chi connectivity index (χ2v) is 13.2. The first kappa shape index (κ1) is 24.3. The average molecular weight is 497 g/mol. The number of hydrogen-bond donors (Lipinski definition) is 2. The van der Waals surface area contributed by atoms with E-state index >= 15 is 0 Å². The minimum atomic E-state index is -3.62. The van der Waals surface area contributed by atoms with Crippen LogP contribution in [0.25, 0.3) is 0 Å². The summed E-state index contributed by atoms with van der Waals surface area (Å²) in [6.45, 7) is 9.33. The van der Waals surface area contributed by atoms with Gasteiger partial charge in [-0.1, -0.05) is 45.0 Å².